The van der Waals surface area contributed by atoms with E-state index in [-0.39, 0.29) is 25.5 Å². The molecule has 1 saturated heterocycles. The van der Waals surface area contributed by atoms with Gasteiger partial charge in [0.05, 0.1) is 5.92 Å². The molecule has 0 saturated carbocycles. The number of ether oxygens (including phenoxy) is 3. The van der Waals surface area contributed by atoms with E-state index in [0.29, 0.717) is 36.1 Å². The fraction of sp³-hybridized carbons (Fsp3) is 0.318. The number of amides is 3. The van der Waals surface area contributed by atoms with E-state index in [4.69, 9.17) is 14.2 Å². The Morgan fingerprint density at radius 2 is 1.81 bits per heavy atom. The molecule has 0 unspecified atom stereocenters. The SMILES string of the molecule is Cc1ccc(OCC(=O)NNC(=O)[C@H]2CC(=O)N(c3ccc4c(c3)OCCO4)C2)cc1. The van der Waals surface area contributed by atoms with E-state index in [1.807, 2.05) is 19.1 Å². The largest absolute Gasteiger partial charge is 0.486 e. The van der Waals surface area contributed by atoms with Gasteiger partial charge in [0.2, 0.25) is 11.8 Å². The summed E-state index contributed by atoms with van der Waals surface area (Å²) in [6.45, 7) is 2.85. The predicted molar refractivity (Wildman–Crippen MR) is 111 cm³/mol. The van der Waals surface area contributed by atoms with Crippen LogP contribution in [0.15, 0.2) is 42.5 Å². The minimum atomic E-state index is -0.584. The number of nitrogens with zero attached hydrogens (tertiary/aromatic N) is 1. The third-order valence-electron chi connectivity index (χ3n) is 5.05. The van der Waals surface area contributed by atoms with E-state index in [2.05, 4.69) is 10.9 Å². The summed E-state index contributed by atoms with van der Waals surface area (Å²) in [7, 11) is 0. The highest BCUT2D eigenvalue weighted by atomic mass is 16.6. The smallest absolute Gasteiger partial charge is 0.276 e. The van der Waals surface area contributed by atoms with Crippen molar-refractivity contribution in [2.75, 3.05) is 31.3 Å². The van der Waals surface area contributed by atoms with Crippen LogP contribution in [0, 0.1) is 12.8 Å². The summed E-state index contributed by atoms with van der Waals surface area (Å²) in [6, 6.07) is 12.5. The molecule has 2 aliphatic heterocycles. The van der Waals surface area contributed by atoms with E-state index in [9.17, 15) is 14.4 Å². The standard InChI is InChI=1S/C22H23N3O6/c1-14-2-5-17(6-3-14)31-13-20(26)23-24-22(28)15-10-21(27)25(12-15)16-4-7-18-19(11-16)30-9-8-29-18/h2-7,11,15H,8-10,12-13H2,1H3,(H,23,26)(H,24,28)/t15-/m0/s1. The molecular formula is C22H23N3O6. The third-order valence-corrected chi connectivity index (χ3v) is 5.05. The number of fused-ring (bicyclic) bond motifs is 1. The molecule has 2 aromatic carbocycles. The lowest BCUT2D eigenvalue weighted by molar-refractivity contribution is -0.132. The molecule has 9 nitrogen and oxygen atoms in total. The number of nitrogens with one attached hydrogen (secondary N) is 2. The number of hydrogen-bond acceptors (Lipinski definition) is 6. The van der Waals surface area contributed by atoms with Crippen molar-refractivity contribution in [1.29, 1.82) is 0 Å². The van der Waals surface area contributed by atoms with Crippen LogP contribution in [-0.4, -0.2) is 44.1 Å². The van der Waals surface area contributed by atoms with Gasteiger partial charge in [0.15, 0.2) is 18.1 Å². The van der Waals surface area contributed by atoms with E-state index < -0.39 is 17.7 Å². The van der Waals surface area contributed by atoms with Crippen LogP contribution in [0.2, 0.25) is 0 Å². The lowest BCUT2D eigenvalue weighted by atomic mass is 10.1. The molecule has 0 radical (unpaired) electrons. The predicted octanol–water partition coefficient (Wildman–Crippen LogP) is 1.35. The molecule has 2 heterocycles. The van der Waals surface area contributed by atoms with Gasteiger partial charge in [-0.2, -0.15) is 0 Å². The Morgan fingerprint density at radius 3 is 2.58 bits per heavy atom. The Hall–Kier alpha value is -3.75. The molecule has 9 heteroatoms. The van der Waals surface area contributed by atoms with Crippen LogP contribution in [0.3, 0.4) is 0 Å². The molecule has 31 heavy (non-hydrogen) atoms. The molecule has 3 amide bonds. The summed E-state index contributed by atoms with van der Waals surface area (Å²) in [5.74, 6) is 0.0734. The minimum absolute atomic E-state index is 0.0516. The Kier molecular flexibility index (Phi) is 5.92. The molecule has 0 bridgehead atoms. The van der Waals surface area contributed by atoms with Crippen molar-refractivity contribution in [1.82, 2.24) is 10.9 Å². The third kappa shape index (κ3) is 4.88. The van der Waals surface area contributed by atoms with Crippen LogP contribution >= 0.6 is 0 Å². The van der Waals surface area contributed by atoms with E-state index in [1.165, 1.54) is 4.90 Å². The molecule has 1 fully saturated rings. The highest BCUT2D eigenvalue weighted by Gasteiger charge is 2.35. The van der Waals surface area contributed by atoms with Gasteiger partial charge in [-0.25, -0.2) is 0 Å². The number of rotatable bonds is 5. The van der Waals surface area contributed by atoms with Crippen LogP contribution in [-0.2, 0) is 14.4 Å². The molecule has 2 aromatic rings. The number of carbonyl (C=O) groups excluding carboxylic acids is 3. The number of anilines is 1. The molecule has 0 aliphatic carbocycles. The molecular weight excluding hydrogens is 402 g/mol. The summed E-state index contributed by atoms with van der Waals surface area (Å²) < 4.78 is 16.4. The molecule has 0 spiro atoms. The normalized spacial score (nSPS) is 17.3. The van der Waals surface area contributed by atoms with Gasteiger partial charge in [-0.15, -0.1) is 0 Å². The van der Waals surface area contributed by atoms with Crippen LogP contribution in [0.4, 0.5) is 5.69 Å². The maximum Gasteiger partial charge on any atom is 0.276 e. The van der Waals surface area contributed by atoms with E-state index in [0.717, 1.165) is 5.56 Å². The van der Waals surface area contributed by atoms with Gasteiger partial charge >= 0.3 is 0 Å². The second-order valence-electron chi connectivity index (χ2n) is 7.37. The highest BCUT2D eigenvalue weighted by Crippen LogP contribution is 2.35. The Bertz CT molecular complexity index is 991. The number of carbonyl (C=O) groups is 3. The van der Waals surface area contributed by atoms with Gasteiger partial charge in [0.1, 0.15) is 19.0 Å². The van der Waals surface area contributed by atoms with Crippen LogP contribution in [0.1, 0.15) is 12.0 Å². The monoisotopic (exact) mass is 425 g/mol. The molecule has 162 valence electrons. The van der Waals surface area contributed by atoms with Crippen molar-refractivity contribution in [3.05, 3.63) is 48.0 Å². The maximum absolute atomic E-state index is 12.4. The first-order valence-corrected chi connectivity index (χ1v) is 9.98. The summed E-state index contributed by atoms with van der Waals surface area (Å²) in [4.78, 5) is 38.3. The minimum Gasteiger partial charge on any atom is -0.486 e. The van der Waals surface area contributed by atoms with Gasteiger partial charge in [-0.05, 0) is 31.2 Å². The lowest BCUT2D eigenvalue weighted by Crippen LogP contribution is -2.46. The number of aryl methyl sites for hydroxylation is 1. The summed E-state index contributed by atoms with van der Waals surface area (Å²) in [6.07, 6.45) is 0.0516. The zero-order chi connectivity index (χ0) is 21.8. The van der Waals surface area contributed by atoms with E-state index in [1.54, 1.807) is 30.3 Å². The Balaban J connectivity index is 1.27. The number of hydrogen-bond donors (Lipinski definition) is 2. The van der Waals surface area contributed by atoms with Gasteiger partial charge in [0, 0.05) is 24.7 Å². The summed E-state index contributed by atoms with van der Waals surface area (Å²) in [5, 5.41) is 0. The fourth-order valence-corrected chi connectivity index (χ4v) is 3.39. The lowest BCUT2D eigenvalue weighted by Gasteiger charge is -2.22. The Labute approximate surface area is 179 Å². The average molecular weight is 425 g/mol. The van der Waals surface area contributed by atoms with Gasteiger partial charge in [-0.1, -0.05) is 17.7 Å². The van der Waals surface area contributed by atoms with Crippen molar-refractivity contribution in [3.8, 4) is 17.2 Å². The number of hydrazine groups is 1. The average Bonchev–Trinajstić information content (AvgIpc) is 3.18. The topological polar surface area (TPSA) is 106 Å². The van der Waals surface area contributed by atoms with E-state index >= 15 is 0 Å². The van der Waals surface area contributed by atoms with Gasteiger partial charge in [-0.3, -0.25) is 25.2 Å². The zero-order valence-corrected chi connectivity index (χ0v) is 17.1. The summed E-state index contributed by atoms with van der Waals surface area (Å²) in [5.41, 5.74) is 6.41. The van der Waals surface area contributed by atoms with Crippen LogP contribution in [0.25, 0.3) is 0 Å². The molecule has 2 N–H and O–H groups in total. The fourth-order valence-electron chi connectivity index (χ4n) is 3.39. The molecule has 0 aromatic heterocycles. The van der Waals surface area contributed by atoms with Crippen molar-refractivity contribution in [3.63, 3.8) is 0 Å². The van der Waals surface area contributed by atoms with Crippen molar-refractivity contribution >= 4 is 23.4 Å². The van der Waals surface area contributed by atoms with Crippen molar-refractivity contribution in [2.45, 2.75) is 13.3 Å². The summed E-state index contributed by atoms with van der Waals surface area (Å²) >= 11 is 0. The highest BCUT2D eigenvalue weighted by molar-refractivity contribution is 6.00. The second kappa shape index (κ2) is 8.95. The maximum atomic E-state index is 12.4. The zero-order valence-electron chi connectivity index (χ0n) is 17.1. The van der Waals surface area contributed by atoms with Gasteiger partial charge in [0.25, 0.3) is 5.91 Å². The molecule has 2 aliphatic rings. The Morgan fingerprint density at radius 1 is 1.06 bits per heavy atom. The van der Waals surface area contributed by atoms with Crippen LogP contribution in [0.5, 0.6) is 17.2 Å². The quantitative estimate of drug-likeness (QED) is 0.701. The van der Waals surface area contributed by atoms with Crippen molar-refractivity contribution < 1.29 is 28.6 Å². The molecule has 1 atom stereocenters. The van der Waals surface area contributed by atoms with Crippen molar-refractivity contribution in [2.24, 2.45) is 5.92 Å². The first-order valence-electron chi connectivity index (χ1n) is 9.98. The number of benzene rings is 2. The van der Waals surface area contributed by atoms with Gasteiger partial charge < -0.3 is 19.1 Å². The molecule has 4 rings (SSSR count). The first kappa shape index (κ1) is 20.5. The first-order chi connectivity index (χ1) is 15.0. The second-order valence-corrected chi connectivity index (χ2v) is 7.37. The van der Waals surface area contributed by atoms with Crippen LogP contribution < -0.4 is 30.0 Å².